The molecule has 3 heterocycles. The zero-order chi connectivity index (χ0) is 40.5. The van der Waals surface area contributed by atoms with Gasteiger partial charge in [-0.05, 0) is 78.8 Å². The second-order valence-electron chi connectivity index (χ2n) is 16.3. The highest BCUT2D eigenvalue weighted by Gasteiger charge is 2.55. The lowest BCUT2D eigenvalue weighted by atomic mass is 9.61. The van der Waals surface area contributed by atoms with E-state index in [0.29, 0.717) is 0 Å². The zero-order valence-corrected chi connectivity index (χ0v) is 33.8. The van der Waals surface area contributed by atoms with Gasteiger partial charge in [0.25, 0.3) is 0 Å². The summed E-state index contributed by atoms with van der Waals surface area (Å²) in [6.07, 6.45) is 16.2. The van der Waals surface area contributed by atoms with Gasteiger partial charge in [-0.25, -0.2) is 0 Å². The second kappa shape index (κ2) is 12.6. The van der Waals surface area contributed by atoms with E-state index in [1.807, 2.05) is 29.6 Å². The van der Waals surface area contributed by atoms with Gasteiger partial charge >= 0.3 is 0 Å². The second-order valence-corrected chi connectivity index (χ2v) is 19.5. The first-order valence-corrected chi connectivity index (χ1v) is 22.1. The van der Waals surface area contributed by atoms with Crippen LogP contribution in [0.2, 0.25) is 0 Å². The van der Waals surface area contributed by atoms with Gasteiger partial charge in [-0.2, -0.15) is 10.5 Å². The summed E-state index contributed by atoms with van der Waals surface area (Å²) < 4.78 is 2.31. The number of nitrogens with zero attached hydrogens (tertiary/aromatic N) is 4. The maximum absolute atomic E-state index is 13.9. The third-order valence-corrected chi connectivity index (χ3v) is 17.2. The Bertz CT molecular complexity index is 3080. The van der Waals surface area contributed by atoms with Gasteiger partial charge in [0.05, 0.1) is 45.0 Å². The van der Waals surface area contributed by atoms with E-state index in [0.717, 1.165) is 79.4 Å². The van der Waals surface area contributed by atoms with Crippen LogP contribution in [0.15, 0.2) is 53.1 Å². The van der Waals surface area contributed by atoms with Crippen molar-refractivity contribution in [1.29, 1.82) is 10.5 Å². The summed E-state index contributed by atoms with van der Waals surface area (Å²) in [5, 5.41) is 19.1. The molecule has 0 saturated heterocycles. The molecule has 2 fully saturated rings. The molecule has 5 aromatic rings. The van der Waals surface area contributed by atoms with Crippen LogP contribution in [0, 0.1) is 35.8 Å². The maximum Gasteiger partial charge on any atom is 0.197 e. The van der Waals surface area contributed by atoms with E-state index < -0.39 is 11.6 Å². The van der Waals surface area contributed by atoms with Crippen molar-refractivity contribution in [2.75, 3.05) is 0 Å². The lowest BCUT2D eigenvalue weighted by molar-refractivity contribution is 0.0974. The lowest BCUT2D eigenvalue weighted by Gasteiger charge is -2.42. The van der Waals surface area contributed by atoms with Crippen LogP contribution in [-0.4, -0.2) is 23.1 Å². The predicted molar refractivity (Wildman–Crippen MR) is 228 cm³/mol. The zero-order valence-electron chi connectivity index (χ0n) is 31.3. The van der Waals surface area contributed by atoms with Crippen molar-refractivity contribution >= 4 is 90.1 Å². The Morgan fingerprint density at radius 1 is 0.593 bits per heavy atom. The minimum atomic E-state index is -0.434. The summed E-state index contributed by atoms with van der Waals surface area (Å²) in [4.78, 5) is 66.5. The highest BCUT2D eigenvalue weighted by Crippen LogP contribution is 2.69. The molecular formula is C48H28N4O4S3. The fourth-order valence-electron chi connectivity index (χ4n) is 10.9. The molecule has 0 aliphatic heterocycles. The summed E-state index contributed by atoms with van der Waals surface area (Å²) in [6.45, 7) is 15.1. The monoisotopic (exact) mass is 820 g/mol. The third-order valence-electron chi connectivity index (χ3n) is 13.5. The molecule has 11 heteroatoms. The molecule has 282 valence electrons. The van der Waals surface area contributed by atoms with Crippen molar-refractivity contribution in [3.05, 3.63) is 136 Å². The molecule has 0 atom stereocenters. The van der Waals surface area contributed by atoms with Crippen LogP contribution in [-0.2, 0) is 10.8 Å². The highest BCUT2D eigenvalue weighted by atomic mass is 32.1. The molecule has 6 aliphatic carbocycles. The van der Waals surface area contributed by atoms with E-state index in [2.05, 4.69) is 21.8 Å². The van der Waals surface area contributed by atoms with Crippen molar-refractivity contribution in [3.8, 4) is 21.9 Å². The molecule has 8 nitrogen and oxygen atoms in total. The normalized spacial score (nSPS) is 18.9. The van der Waals surface area contributed by atoms with E-state index in [4.69, 9.17) is 13.1 Å². The van der Waals surface area contributed by atoms with E-state index in [9.17, 15) is 29.7 Å². The molecule has 0 amide bonds. The SMILES string of the molecule is [C-]#[N+]c1cc2c(cc1[N+]#[C-])C(=O)C(=CC1=Cc3sc4c(c3C13CCCCC3)C1(CCCCC1)c1c-4sc3cc(C=C4C(=O)c5cc(C#N)c(C#N)cc5C4=O)sc13)C2=O. The number of nitriles is 2. The number of carbonyl (C=O) groups excluding carboxylic acids is 4. The Kier molecular flexibility index (Phi) is 7.63. The summed E-state index contributed by atoms with van der Waals surface area (Å²) in [6, 6.07) is 11.5. The minimum Gasteiger partial charge on any atom is -0.288 e. The van der Waals surface area contributed by atoms with Gasteiger partial charge in [0, 0.05) is 58.0 Å². The first kappa shape index (κ1) is 35.8. The van der Waals surface area contributed by atoms with Gasteiger partial charge in [-0.15, -0.1) is 34.0 Å². The maximum atomic E-state index is 13.9. The molecule has 0 unspecified atom stereocenters. The van der Waals surface area contributed by atoms with Gasteiger partial charge in [-0.1, -0.05) is 50.7 Å². The molecule has 59 heavy (non-hydrogen) atoms. The number of benzene rings is 2. The van der Waals surface area contributed by atoms with Crippen LogP contribution in [0.3, 0.4) is 0 Å². The van der Waals surface area contributed by atoms with Crippen molar-refractivity contribution in [1.82, 2.24) is 0 Å². The lowest BCUT2D eigenvalue weighted by Crippen LogP contribution is -2.35. The van der Waals surface area contributed by atoms with Crippen molar-refractivity contribution in [2.24, 2.45) is 0 Å². The largest absolute Gasteiger partial charge is 0.288 e. The van der Waals surface area contributed by atoms with E-state index in [1.54, 1.807) is 28.7 Å². The Labute approximate surface area is 350 Å². The molecule has 2 saturated carbocycles. The van der Waals surface area contributed by atoms with Crippen LogP contribution in [0.25, 0.3) is 41.0 Å². The first-order chi connectivity index (χ1) is 28.7. The number of Topliss-reactive ketones (excluding diaryl/α,β-unsaturated/α-hetero) is 4. The Hall–Kier alpha value is -6.34. The molecule has 2 spiro atoms. The van der Waals surface area contributed by atoms with Crippen molar-refractivity contribution < 1.29 is 19.2 Å². The van der Waals surface area contributed by atoms with Gasteiger partial charge in [0.2, 0.25) is 0 Å². The molecule has 0 bridgehead atoms. The van der Waals surface area contributed by atoms with Gasteiger partial charge in [0.15, 0.2) is 34.5 Å². The first-order valence-electron chi connectivity index (χ1n) is 19.7. The molecule has 11 rings (SSSR count). The van der Waals surface area contributed by atoms with Crippen molar-refractivity contribution in [3.63, 3.8) is 0 Å². The Balaban J connectivity index is 1.02. The van der Waals surface area contributed by atoms with Crippen LogP contribution < -0.4 is 0 Å². The number of hydrogen-bond acceptors (Lipinski definition) is 9. The number of allylic oxidation sites excluding steroid dienone is 4. The van der Waals surface area contributed by atoms with Crippen LogP contribution >= 0.6 is 34.0 Å². The number of fused-ring (bicyclic) bond motifs is 12. The topological polar surface area (TPSA) is 125 Å². The predicted octanol–water partition coefficient (Wildman–Crippen LogP) is 12.2. The minimum absolute atomic E-state index is 0.0433. The quantitative estimate of drug-likeness (QED) is 0.0992. The molecule has 0 N–H and O–H groups in total. The number of ketones is 4. The Morgan fingerprint density at radius 2 is 1.10 bits per heavy atom. The van der Waals surface area contributed by atoms with Gasteiger partial charge < -0.3 is 0 Å². The fourth-order valence-corrected chi connectivity index (χ4v) is 15.3. The van der Waals surface area contributed by atoms with Crippen LogP contribution in [0.1, 0.15) is 143 Å². The van der Waals surface area contributed by atoms with E-state index >= 15 is 0 Å². The fraction of sp³-hybridized carbons (Fsp3) is 0.250. The molecule has 3 aromatic heterocycles. The smallest absolute Gasteiger partial charge is 0.197 e. The highest BCUT2D eigenvalue weighted by molar-refractivity contribution is 7.32. The number of rotatable bonds is 2. The number of carbonyl (C=O) groups is 4. The average Bonchev–Trinajstić information content (AvgIpc) is 4.10. The van der Waals surface area contributed by atoms with Crippen molar-refractivity contribution in [2.45, 2.75) is 75.0 Å². The summed E-state index contributed by atoms with van der Waals surface area (Å²) in [5.74, 6) is -1.65. The standard InChI is InChI=1S/C48H28N4O4S3/c1-51-33-19-29-30(20-34(33)52-2)43(56)31(42(29)55)15-25-16-35-37(47(25)9-5-3-6-10-47)38-45(58-35)46-39(48(38)11-7-4-8-12-48)44-36(59-46)18-26(57-44)17-32-40(53)27-13-23(21-49)24(22-50)14-28(27)41(32)54/h13-20H,3-12H2. The van der Waals surface area contributed by atoms with E-state index in [1.165, 1.54) is 60.3 Å². The summed E-state index contributed by atoms with van der Waals surface area (Å²) in [5.41, 5.74) is 5.76. The van der Waals surface area contributed by atoms with Gasteiger partial charge in [-0.3, -0.25) is 28.9 Å². The molecule has 6 aliphatic rings. The molecule has 2 aromatic carbocycles. The van der Waals surface area contributed by atoms with E-state index in [-0.39, 0.29) is 78.3 Å². The summed E-state index contributed by atoms with van der Waals surface area (Å²) in [7, 11) is 0. The third kappa shape index (κ3) is 4.64. The average molecular weight is 821 g/mol. The number of thiophene rings is 3. The summed E-state index contributed by atoms with van der Waals surface area (Å²) >= 11 is 5.21. The molecule has 0 radical (unpaired) electrons. The van der Waals surface area contributed by atoms with Crippen LogP contribution in [0.5, 0.6) is 0 Å². The Morgan fingerprint density at radius 3 is 1.64 bits per heavy atom. The van der Waals surface area contributed by atoms with Gasteiger partial charge in [0.1, 0.15) is 12.1 Å². The number of hydrogen-bond donors (Lipinski definition) is 0. The van der Waals surface area contributed by atoms with Crippen LogP contribution in [0.4, 0.5) is 11.4 Å². The molecular weight excluding hydrogens is 793 g/mol.